The Hall–Kier alpha value is -5.02. The molecule has 0 fully saturated rings. The van der Waals surface area contributed by atoms with Crippen LogP contribution in [0.3, 0.4) is 0 Å². The summed E-state index contributed by atoms with van der Waals surface area (Å²) in [6.07, 6.45) is 3.96. The fourth-order valence-corrected chi connectivity index (χ4v) is 7.61. The second-order valence-electron chi connectivity index (χ2n) is 12.0. The lowest BCUT2D eigenvalue weighted by Gasteiger charge is -2.42. The van der Waals surface area contributed by atoms with E-state index in [9.17, 15) is 0 Å². The van der Waals surface area contributed by atoms with Crippen molar-refractivity contribution in [1.29, 1.82) is 0 Å². The van der Waals surface area contributed by atoms with Gasteiger partial charge < -0.3 is 4.42 Å². The van der Waals surface area contributed by atoms with Gasteiger partial charge in [0.25, 0.3) is 0 Å². The maximum absolute atomic E-state index is 6.38. The molecular formula is C39H29N2O+. The number of fused-ring (bicyclic) bond motifs is 3. The van der Waals surface area contributed by atoms with E-state index in [-0.39, 0.29) is 11.8 Å². The average Bonchev–Trinajstić information content (AvgIpc) is 3.39. The van der Waals surface area contributed by atoms with Crippen LogP contribution in [0, 0.1) is 13.8 Å². The van der Waals surface area contributed by atoms with Crippen LogP contribution >= 0.6 is 0 Å². The Bertz CT molecular complexity index is 2260. The molecule has 2 bridgehead atoms. The lowest BCUT2D eigenvalue weighted by Crippen LogP contribution is -2.30. The molecule has 3 aliphatic rings. The molecule has 0 radical (unpaired) electrons. The van der Waals surface area contributed by atoms with Gasteiger partial charge in [-0.05, 0) is 82.1 Å². The molecule has 2 atom stereocenters. The standard InChI is InChI=1S/C39H29N2O/c1-22-10-13-28-32(19-22)36-26-7-4-5-8-27(26)37(28)33-20-24(12-15-29(33)36)25-16-18-41(3)34(21-25)35-23(2)11-14-30-31-9-6-17-40-39(31)42-38(30)35/h4-21,36-37H,1-3H3/q+1. The van der Waals surface area contributed by atoms with Crippen LogP contribution in [0.25, 0.3) is 44.5 Å². The number of pyridine rings is 2. The van der Waals surface area contributed by atoms with Crippen LogP contribution in [0.15, 0.2) is 114 Å². The highest BCUT2D eigenvalue weighted by Crippen LogP contribution is 2.56. The Labute approximate surface area is 244 Å². The number of hydrogen-bond acceptors (Lipinski definition) is 2. The monoisotopic (exact) mass is 541 g/mol. The third-order valence-electron chi connectivity index (χ3n) is 9.56. The highest BCUT2D eigenvalue weighted by atomic mass is 16.3. The fourth-order valence-electron chi connectivity index (χ4n) is 7.61. The summed E-state index contributed by atoms with van der Waals surface area (Å²) < 4.78 is 8.57. The zero-order valence-electron chi connectivity index (χ0n) is 23.8. The van der Waals surface area contributed by atoms with Gasteiger partial charge in [0.1, 0.15) is 7.05 Å². The van der Waals surface area contributed by atoms with E-state index in [1.54, 1.807) is 6.20 Å². The van der Waals surface area contributed by atoms with Crippen LogP contribution in [0.4, 0.5) is 0 Å². The zero-order chi connectivity index (χ0) is 28.1. The molecule has 0 saturated carbocycles. The topological polar surface area (TPSA) is 29.9 Å². The van der Waals surface area contributed by atoms with Crippen molar-refractivity contribution in [2.45, 2.75) is 25.7 Å². The minimum atomic E-state index is 0.259. The molecule has 7 aromatic rings. The van der Waals surface area contributed by atoms with Crippen molar-refractivity contribution < 1.29 is 8.98 Å². The first-order valence-electron chi connectivity index (χ1n) is 14.7. The Morgan fingerprint density at radius 3 is 2.17 bits per heavy atom. The smallest absolute Gasteiger partial charge is 0.227 e. The maximum Gasteiger partial charge on any atom is 0.227 e. The molecule has 3 aromatic heterocycles. The second kappa shape index (κ2) is 8.50. The third-order valence-corrected chi connectivity index (χ3v) is 9.56. The summed E-state index contributed by atoms with van der Waals surface area (Å²) in [6, 6.07) is 36.2. The molecule has 3 heteroatoms. The minimum Gasteiger partial charge on any atom is -0.437 e. The van der Waals surface area contributed by atoms with Crippen LogP contribution < -0.4 is 4.57 Å². The first kappa shape index (κ1) is 23.7. The fraction of sp³-hybridized carbons (Fsp3) is 0.128. The van der Waals surface area contributed by atoms with Crippen molar-refractivity contribution >= 4 is 22.1 Å². The summed E-state index contributed by atoms with van der Waals surface area (Å²) in [5, 5.41) is 2.15. The zero-order valence-corrected chi connectivity index (χ0v) is 23.8. The first-order chi connectivity index (χ1) is 20.6. The van der Waals surface area contributed by atoms with E-state index in [1.165, 1.54) is 55.6 Å². The van der Waals surface area contributed by atoms with Gasteiger partial charge >= 0.3 is 0 Å². The van der Waals surface area contributed by atoms with Crippen molar-refractivity contribution in [1.82, 2.24) is 4.98 Å². The van der Waals surface area contributed by atoms with E-state index in [0.29, 0.717) is 5.71 Å². The van der Waals surface area contributed by atoms with E-state index in [4.69, 9.17) is 4.42 Å². The van der Waals surface area contributed by atoms with Crippen LogP contribution in [-0.4, -0.2) is 4.98 Å². The van der Waals surface area contributed by atoms with Crippen LogP contribution in [0.2, 0.25) is 0 Å². The van der Waals surface area contributed by atoms with Gasteiger partial charge in [-0.1, -0.05) is 72.3 Å². The van der Waals surface area contributed by atoms with Gasteiger partial charge in [0.2, 0.25) is 11.4 Å². The van der Waals surface area contributed by atoms with Gasteiger partial charge in [0.05, 0.1) is 5.56 Å². The lowest BCUT2D eigenvalue weighted by molar-refractivity contribution is -0.660. The summed E-state index contributed by atoms with van der Waals surface area (Å²) in [7, 11) is 2.11. The molecule has 0 spiro atoms. The molecule has 3 heterocycles. The Morgan fingerprint density at radius 2 is 1.36 bits per heavy atom. The molecule has 4 aromatic carbocycles. The van der Waals surface area contributed by atoms with Gasteiger partial charge in [-0.15, -0.1) is 0 Å². The van der Waals surface area contributed by atoms with Gasteiger partial charge in [-0.25, -0.2) is 9.55 Å². The van der Waals surface area contributed by atoms with E-state index in [1.807, 2.05) is 6.07 Å². The summed E-state index contributed by atoms with van der Waals surface area (Å²) in [6.45, 7) is 4.36. The molecule has 10 rings (SSSR count). The molecular weight excluding hydrogens is 512 g/mol. The molecule has 0 aliphatic heterocycles. The molecule has 0 saturated heterocycles. The van der Waals surface area contributed by atoms with Crippen molar-refractivity contribution in [2.75, 3.05) is 0 Å². The molecule has 200 valence electrons. The predicted octanol–water partition coefficient (Wildman–Crippen LogP) is 8.74. The number of rotatable bonds is 2. The average molecular weight is 542 g/mol. The number of furan rings is 1. The number of hydrogen-bond donors (Lipinski definition) is 0. The molecule has 3 aliphatic carbocycles. The largest absolute Gasteiger partial charge is 0.437 e. The van der Waals surface area contributed by atoms with Crippen molar-refractivity contribution in [2.24, 2.45) is 7.05 Å². The van der Waals surface area contributed by atoms with Gasteiger partial charge in [0, 0.05) is 40.9 Å². The van der Waals surface area contributed by atoms with Gasteiger partial charge in [-0.2, -0.15) is 0 Å². The van der Waals surface area contributed by atoms with Crippen LogP contribution in [-0.2, 0) is 7.05 Å². The highest BCUT2D eigenvalue weighted by molar-refractivity contribution is 6.08. The van der Waals surface area contributed by atoms with E-state index < -0.39 is 0 Å². The summed E-state index contributed by atoms with van der Waals surface area (Å²) in [5.41, 5.74) is 17.5. The molecule has 2 unspecified atom stereocenters. The van der Waals surface area contributed by atoms with Crippen molar-refractivity contribution in [3.05, 3.63) is 154 Å². The van der Waals surface area contributed by atoms with E-state index >= 15 is 0 Å². The quantitative estimate of drug-likeness (QED) is 0.205. The summed E-state index contributed by atoms with van der Waals surface area (Å²) in [5.74, 6) is 0.548. The van der Waals surface area contributed by atoms with Crippen molar-refractivity contribution in [3.8, 4) is 22.4 Å². The molecule has 0 amide bonds. The lowest BCUT2D eigenvalue weighted by atomic mass is 9.60. The number of aromatic nitrogens is 2. The van der Waals surface area contributed by atoms with E-state index in [2.05, 4.69) is 128 Å². The third kappa shape index (κ3) is 3.16. The van der Waals surface area contributed by atoms with Crippen molar-refractivity contribution in [3.63, 3.8) is 0 Å². The Balaban J connectivity index is 1.22. The normalized spacial score (nSPS) is 16.5. The first-order valence-corrected chi connectivity index (χ1v) is 14.7. The van der Waals surface area contributed by atoms with Crippen LogP contribution in [0.5, 0.6) is 0 Å². The molecule has 3 nitrogen and oxygen atoms in total. The Kier molecular flexibility index (Phi) is 4.79. The maximum atomic E-state index is 6.38. The van der Waals surface area contributed by atoms with Gasteiger partial charge in [0.15, 0.2) is 11.8 Å². The molecule has 0 N–H and O–H groups in total. The van der Waals surface area contributed by atoms with E-state index in [0.717, 1.165) is 27.6 Å². The summed E-state index contributed by atoms with van der Waals surface area (Å²) in [4.78, 5) is 4.49. The number of benzene rings is 4. The van der Waals surface area contributed by atoms with Crippen LogP contribution in [0.1, 0.15) is 56.3 Å². The SMILES string of the molecule is Cc1ccc2c(c1)C1c3ccccc3C2c2cc(-c3cc[n+](C)c(-c4c(C)ccc5c4oc4ncccc45)c3)ccc21. The Morgan fingerprint density at radius 1 is 0.643 bits per heavy atom. The minimum absolute atomic E-state index is 0.259. The summed E-state index contributed by atoms with van der Waals surface area (Å²) >= 11 is 0. The number of nitrogens with zero attached hydrogens (tertiary/aromatic N) is 2. The second-order valence-corrected chi connectivity index (χ2v) is 12.0. The highest BCUT2D eigenvalue weighted by Gasteiger charge is 2.41. The molecule has 42 heavy (non-hydrogen) atoms. The number of aryl methyl sites for hydroxylation is 3. The van der Waals surface area contributed by atoms with Gasteiger partial charge in [-0.3, -0.25) is 0 Å². The predicted molar refractivity (Wildman–Crippen MR) is 168 cm³/mol.